The van der Waals surface area contributed by atoms with Crippen LogP contribution in [0.3, 0.4) is 0 Å². The molecule has 108 valence electrons. The molecule has 0 fully saturated rings. The smallest absolute Gasteiger partial charge is 0.271 e. The minimum Gasteiger partial charge on any atom is -0.285 e. The van der Waals surface area contributed by atoms with Crippen LogP contribution < -0.4 is 5.01 Å². The molecule has 20 heavy (non-hydrogen) atoms. The van der Waals surface area contributed by atoms with Gasteiger partial charge >= 0.3 is 0 Å². The summed E-state index contributed by atoms with van der Waals surface area (Å²) in [4.78, 5) is 12.4. The van der Waals surface area contributed by atoms with Crippen molar-refractivity contribution in [2.45, 2.75) is 25.5 Å². The van der Waals surface area contributed by atoms with Gasteiger partial charge in [-0.2, -0.15) is 13.5 Å². The van der Waals surface area contributed by atoms with Crippen molar-refractivity contribution in [3.05, 3.63) is 30.3 Å². The van der Waals surface area contributed by atoms with Crippen molar-refractivity contribution in [1.82, 2.24) is 0 Å². The third-order valence-corrected chi connectivity index (χ3v) is 5.06. The van der Waals surface area contributed by atoms with Crippen molar-refractivity contribution in [2.24, 2.45) is 11.0 Å². The second-order valence-electron chi connectivity index (χ2n) is 5.24. The molecule has 0 unspecified atom stereocenters. The summed E-state index contributed by atoms with van der Waals surface area (Å²) in [5.74, 6) is -1.46. The minimum absolute atomic E-state index is 0.362. The fraction of sp³-hybridized carbons (Fsp3) is 0.385. The number of carbonyl (C=O) groups is 1. The number of hydrazone groups is 1. The van der Waals surface area contributed by atoms with Crippen molar-refractivity contribution in [2.75, 3.05) is 5.01 Å². The van der Waals surface area contributed by atoms with Gasteiger partial charge in [0.05, 0.1) is 11.4 Å². The summed E-state index contributed by atoms with van der Waals surface area (Å²) >= 11 is 0. The van der Waals surface area contributed by atoms with E-state index in [4.69, 9.17) is 0 Å². The van der Waals surface area contributed by atoms with Crippen LogP contribution in [0.25, 0.3) is 0 Å². The van der Waals surface area contributed by atoms with E-state index in [9.17, 15) is 17.8 Å². The fourth-order valence-corrected chi connectivity index (χ4v) is 2.84. The Labute approximate surface area is 117 Å². The van der Waals surface area contributed by atoms with E-state index in [1.165, 1.54) is 18.9 Å². The Morgan fingerprint density at radius 3 is 2.30 bits per heavy atom. The number of amides is 1. The van der Waals surface area contributed by atoms with Crippen molar-refractivity contribution < 1.29 is 17.8 Å². The molecule has 7 heteroatoms. The summed E-state index contributed by atoms with van der Waals surface area (Å²) in [6, 6.07) is 8.73. The SMILES string of the molecule is CC1=NN(c2ccccc2)C(=O)[C@H]1C(C)(C)S(=O)(=O)O. The van der Waals surface area contributed by atoms with Crippen LogP contribution in [0.1, 0.15) is 20.8 Å². The summed E-state index contributed by atoms with van der Waals surface area (Å²) in [7, 11) is -4.39. The van der Waals surface area contributed by atoms with Gasteiger partial charge in [-0.15, -0.1) is 0 Å². The molecule has 1 aliphatic heterocycles. The topological polar surface area (TPSA) is 87.0 Å². The van der Waals surface area contributed by atoms with Crippen molar-refractivity contribution in [1.29, 1.82) is 0 Å². The number of anilines is 1. The first kappa shape index (κ1) is 14.7. The fourth-order valence-electron chi connectivity index (χ4n) is 2.27. The van der Waals surface area contributed by atoms with Gasteiger partial charge in [-0.1, -0.05) is 18.2 Å². The number of para-hydroxylation sites is 1. The van der Waals surface area contributed by atoms with Crippen LogP contribution in [-0.4, -0.2) is 29.3 Å². The van der Waals surface area contributed by atoms with Crippen LogP contribution in [-0.2, 0) is 14.9 Å². The van der Waals surface area contributed by atoms with Gasteiger partial charge in [-0.3, -0.25) is 9.35 Å². The lowest BCUT2D eigenvalue weighted by Crippen LogP contribution is -2.47. The molecule has 0 bridgehead atoms. The molecule has 1 atom stereocenters. The lowest BCUT2D eigenvalue weighted by atomic mass is 9.90. The maximum absolute atomic E-state index is 12.4. The standard InChI is InChI=1S/C13H16N2O4S/c1-9-11(13(2,3)20(17,18)19)12(16)15(14-9)10-7-5-4-6-8-10/h4-8,11H,1-3H3,(H,17,18,19)/t11-/m0/s1. The zero-order chi connectivity index (χ0) is 15.1. The molecule has 1 aliphatic rings. The Bertz CT molecular complexity index is 665. The molecule has 0 radical (unpaired) electrons. The molecule has 0 spiro atoms. The second kappa shape index (κ2) is 4.68. The van der Waals surface area contributed by atoms with Crippen molar-refractivity contribution in [3.63, 3.8) is 0 Å². The second-order valence-corrected chi connectivity index (χ2v) is 7.24. The van der Waals surface area contributed by atoms with Gasteiger partial charge in [0.2, 0.25) is 0 Å². The molecule has 6 nitrogen and oxygen atoms in total. The normalized spacial score (nSPS) is 20.2. The molecule has 1 heterocycles. The van der Waals surface area contributed by atoms with Crippen LogP contribution in [0.4, 0.5) is 5.69 Å². The number of nitrogens with zero attached hydrogens (tertiary/aromatic N) is 2. The molecule has 0 aliphatic carbocycles. The highest BCUT2D eigenvalue weighted by Crippen LogP contribution is 2.34. The summed E-state index contributed by atoms with van der Waals surface area (Å²) in [5, 5.41) is 5.30. The van der Waals surface area contributed by atoms with E-state index in [0.29, 0.717) is 11.4 Å². The van der Waals surface area contributed by atoms with Crippen molar-refractivity contribution >= 4 is 27.4 Å². The predicted molar refractivity (Wildman–Crippen MR) is 76.2 cm³/mol. The van der Waals surface area contributed by atoms with E-state index in [1.807, 2.05) is 0 Å². The van der Waals surface area contributed by atoms with Gasteiger partial charge in [0.1, 0.15) is 10.7 Å². The molecule has 1 aromatic rings. The number of rotatable bonds is 3. The van der Waals surface area contributed by atoms with Crippen LogP contribution in [0.2, 0.25) is 0 Å². The molecule has 2 rings (SSSR count). The molecule has 1 N–H and O–H groups in total. The summed E-state index contributed by atoms with van der Waals surface area (Å²) in [6.07, 6.45) is 0. The highest BCUT2D eigenvalue weighted by molar-refractivity contribution is 7.87. The maximum atomic E-state index is 12.4. The van der Waals surface area contributed by atoms with E-state index in [0.717, 1.165) is 0 Å². The molecular weight excluding hydrogens is 280 g/mol. The van der Waals surface area contributed by atoms with E-state index in [-0.39, 0.29) is 0 Å². The predicted octanol–water partition coefficient (Wildman–Crippen LogP) is 1.69. The van der Waals surface area contributed by atoms with E-state index < -0.39 is 26.7 Å². The Balaban J connectivity index is 2.43. The molecular formula is C13H16N2O4S. The van der Waals surface area contributed by atoms with Gasteiger partial charge in [0.25, 0.3) is 16.0 Å². The first-order valence-electron chi connectivity index (χ1n) is 6.07. The first-order chi connectivity index (χ1) is 9.16. The van der Waals surface area contributed by atoms with Crippen LogP contribution in [0.5, 0.6) is 0 Å². The summed E-state index contributed by atoms with van der Waals surface area (Å²) in [5.41, 5.74) is 0.923. The van der Waals surface area contributed by atoms with Gasteiger partial charge in [0, 0.05) is 0 Å². The summed E-state index contributed by atoms with van der Waals surface area (Å²) in [6.45, 7) is 4.22. The number of benzene rings is 1. The van der Waals surface area contributed by atoms with Gasteiger partial charge < -0.3 is 0 Å². The monoisotopic (exact) mass is 296 g/mol. The minimum atomic E-state index is -4.39. The van der Waals surface area contributed by atoms with Gasteiger partial charge in [-0.25, -0.2) is 5.01 Å². The Kier molecular flexibility index (Phi) is 3.43. The van der Waals surface area contributed by atoms with E-state index in [1.54, 1.807) is 37.3 Å². The zero-order valence-electron chi connectivity index (χ0n) is 11.4. The number of carbonyl (C=O) groups excluding carboxylic acids is 1. The number of hydrogen-bond donors (Lipinski definition) is 1. The highest BCUT2D eigenvalue weighted by Gasteiger charge is 2.51. The molecule has 0 aromatic heterocycles. The van der Waals surface area contributed by atoms with Crippen molar-refractivity contribution in [3.8, 4) is 0 Å². The Morgan fingerprint density at radius 1 is 1.25 bits per heavy atom. The highest BCUT2D eigenvalue weighted by atomic mass is 32.2. The van der Waals surface area contributed by atoms with E-state index in [2.05, 4.69) is 5.10 Å². The summed E-state index contributed by atoms with van der Waals surface area (Å²) < 4.78 is 30.7. The van der Waals surface area contributed by atoms with Gasteiger partial charge in [-0.05, 0) is 32.9 Å². The lowest BCUT2D eigenvalue weighted by Gasteiger charge is -2.27. The van der Waals surface area contributed by atoms with Crippen LogP contribution in [0.15, 0.2) is 35.4 Å². The molecule has 0 saturated heterocycles. The number of hydrogen-bond acceptors (Lipinski definition) is 4. The van der Waals surface area contributed by atoms with E-state index >= 15 is 0 Å². The molecule has 1 amide bonds. The largest absolute Gasteiger partial charge is 0.285 e. The first-order valence-corrected chi connectivity index (χ1v) is 7.51. The third-order valence-electron chi connectivity index (χ3n) is 3.49. The van der Waals surface area contributed by atoms with Crippen LogP contribution >= 0.6 is 0 Å². The maximum Gasteiger partial charge on any atom is 0.271 e. The zero-order valence-corrected chi connectivity index (χ0v) is 12.3. The average molecular weight is 296 g/mol. The Morgan fingerprint density at radius 2 is 1.80 bits per heavy atom. The third kappa shape index (κ3) is 2.23. The Hall–Kier alpha value is -1.73. The average Bonchev–Trinajstić information content (AvgIpc) is 2.65. The van der Waals surface area contributed by atoms with Crippen LogP contribution in [0, 0.1) is 5.92 Å². The molecule has 0 saturated carbocycles. The van der Waals surface area contributed by atoms with Gasteiger partial charge in [0.15, 0.2) is 0 Å². The quantitative estimate of drug-likeness (QED) is 0.860. The lowest BCUT2D eigenvalue weighted by molar-refractivity contribution is -0.120. The molecule has 1 aromatic carbocycles.